The van der Waals surface area contributed by atoms with Crippen LogP contribution in [0.25, 0.3) is 0 Å². The molecule has 0 aliphatic heterocycles. The largest absolute Gasteiger partial charge is 0.472 e. The number of ether oxygens (including phenoxy) is 2. The SMILES string of the molecule is CCCCC[C@@H](O)/C=C/C=C\C/C=C\C=C\[C@@H](O)CCCC(=O)O[C@H](COC(=O)CCCCCCCCCCCCCCCCC(C)CC)COP(=O)(O)OC[C@@H](O)CO. The number of esters is 2. The molecule has 0 aromatic carbocycles. The molecule has 0 aromatic rings. The Morgan fingerprint density at radius 3 is 1.62 bits per heavy atom. The number of aliphatic hydroxyl groups is 4. The minimum absolute atomic E-state index is 0.0640. The summed E-state index contributed by atoms with van der Waals surface area (Å²) in [5, 5.41) is 38.5. The fraction of sp³-hybridized carbons (Fsp3) is 0.787. The molecule has 0 heterocycles. The van der Waals surface area contributed by atoms with E-state index in [0.29, 0.717) is 19.3 Å². The highest BCUT2D eigenvalue weighted by atomic mass is 31.2. The Morgan fingerprint density at radius 1 is 0.600 bits per heavy atom. The minimum Gasteiger partial charge on any atom is -0.462 e. The second-order valence-corrected chi connectivity index (χ2v) is 17.5. The van der Waals surface area contributed by atoms with Gasteiger partial charge in [-0.25, -0.2) is 4.57 Å². The van der Waals surface area contributed by atoms with Crippen LogP contribution < -0.4 is 0 Å². The highest BCUT2D eigenvalue weighted by Gasteiger charge is 2.27. The van der Waals surface area contributed by atoms with Gasteiger partial charge in [0.25, 0.3) is 0 Å². The molecule has 0 radical (unpaired) electrons. The number of hydrogen-bond acceptors (Lipinski definition) is 11. The van der Waals surface area contributed by atoms with E-state index in [1.54, 1.807) is 18.2 Å². The minimum atomic E-state index is -4.69. The third-order valence-electron chi connectivity index (χ3n) is 10.2. The summed E-state index contributed by atoms with van der Waals surface area (Å²) in [4.78, 5) is 35.1. The summed E-state index contributed by atoms with van der Waals surface area (Å²) >= 11 is 0. The summed E-state index contributed by atoms with van der Waals surface area (Å²) < 4.78 is 32.6. The van der Waals surface area contributed by atoms with Crippen LogP contribution in [0.2, 0.25) is 0 Å². The summed E-state index contributed by atoms with van der Waals surface area (Å²) in [7, 11) is -4.69. The van der Waals surface area contributed by atoms with Crippen molar-refractivity contribution >= 4 is 19.8 Å². The maximum atomic E-state index is 12.6. The Hall–Kier alpha value is -2.15. The lowest BCUT2D eigenvalue weighted by molar-refractivity contribution is -0.161. The van der Waals surface area contributed by atoms with Gasteiger partial charge in [-0.05, 0) is 38.0 Å². The molecule has 0 saturated carbocycles. The Balaban J connectivity index is 4.47. The van der Waals surface area contributed by atoms with Crippen molar-refractivity contribution in [2.75, 3.05) is 26.4 Å². The lowest BCUT2D eigenvalue weighted by Crippen LogP contribution is -2.30. The van der Waals surface area contributed by atoms with Crippen molar-refractivity contribution in [2.45, 2.75) is 206 Å². The zero-order valence-corrected chi connectivity index (χ0v) is 38.4. The van der Waals surface area contributed by atoms with Crippen LogP contribution in [0.1, 0.15) is 181 Å². The summed E-state index contributed by atoms with van der Waals surface area (Å²) in [6, 6.07) is 0. The van der Waals surface area contributed by atoms with Crippen LogP contribution in [-0.2, 0) is 32.7 Å². The van der Waals surface area contributed by atoms with Crippen LogP contribution in [0.5, 0.6) is 0 Å². The topological polar surface area (TPSA) is 189 Å². The molecule has 2 unspecified atom stereocenters. The quantitative estimate of drug-likeness (QED) is 0.0169. The summed E-state index contributed by atoms with van der Waals surface area (Å²) in [5.74, 6) is -0.287. The predicted octanol–water partition coefficient (Wildman–Crippen LogP) is 10.3. The van der Waals surface area contributed by atoms with E-state index in [9.17, 15) is 34.4 Å². The first kappa shape index (κ1) is 57.9. The van der Waals surface area contributed by atoms with Gasteiger partial charge < -0.3 is 34.8 Å². The maximum Gasteiger partial charge on any atom is 0.472 e. The number of phosphoric ester groups is 1. The molecule has 6 atom stereocenters. The first-order valence-electron chi connectivity index (χ1n) is 23.2. The van der Waals surface area contributed by atoms with Crippen molar-refractivity contribution in [3.05, 3.63) is 48.6 Å². The third-order valence-corrected chi connectivity index (χ3v) is 11.2. The Bertz CT molecular complexity index is 1190. The van der Waals surface area contributed by atoms with Crippen LogP contribution in [0.4, 0.5) is 0 Å². The molecule has 0 fully saturated rings. The van der Waals surface area contributed by atoms with E-state index < -0.39 is 70.6 Å². The molecule has 350 valence electrons. The maximum absolute atomic E-state index is 12.6. The van der Waals surface area contributed by atoms with Crippen molar-refractivity contribution in [3.63, 3.8) is 0 Å². The van der Waals surface area contributed by atoms with Crippen LogP contribution in [0.3, 0.4) is 0 Å². The molecule has 0 spiro atoms. The summed E-state index contributed by atoms with van der Waals surface area (Å²) in [6.45, 7) is 4.39. The van der Waals surface area contributed by atoms with Gasteiger partial charge in [-0.2, -0.15) is 0 Å². The van der Waals surface area contributed by atoms with Crippen molar-refractivity contribution in [3.8, 4) is 0 Å². The number of aliphatic hydroxyl groups excluding tert-OH is 4. The van der Waals surface area contributed by atoms with Crippen LogP contribution in [0, 0.1) is 5.92 Å². The summed E-state index contributed by atoms with van der Waals surface area (Å²) in [5.41, 5.74) is 0. The highest BCUT2D eigenvalue weighted by molar-refractivity contribution is 7.47. The molecular weight excluding hydrogens is 787 g/mol. The van der Waals surface area contributed by atoms with Crippen molar-refractivity contribution < 1.29 is 58.0 Å². The van der Waals surface area contributed by atoms with Gasteiger partial charge in [-0.15, -0.1) is 0 Å². The molecule has 5 N–H and O–H groups in total. The van der Waals surface area contributed by atoms with Gasteiger partial charge in [0.15, 0.2) is 6.10 Å². The molecule has 0 saturated heterocycles. The second kappa shape index (κ2) is 40.9. The number of carbonyl (C=O) groups excluding carboxylic acids is 2. The smallest absolute Gasteiger partial charge is 0.462 e. The zero-order chi connectivity index (χ0) is 44.5. The van der Waals surface area contributed by atoms with E-state index in [1.165, 1.54) is 77.0 Å². The molecule has 12 nitrogen and oxygen atoms in total. The normalized spacial score (nSPS) is 15.8. The lowest BCUT2D eigenvalue weighted by Gasteiger charge is -2.20. The molecule has 0 aliphatic carbocycles. The third kappa shape index (κ3) is 40.0. The first-order valence-corrected chi connectivity index (χ1v) is 24.7. The molecule has 0 rings (SSSR count). The molecule has 13 heteroatoms. The van der Waals surface area contributed by atoms with Crippen LogP contribution in [-0.4, -0.2) is 88.1 Å². The summed E-state index contributed by atoms with van der Waals surface area (Å²) in [6.07, 6.45) is 35.7. The van der Waals surface area contributed by atoms with Gasteiger partial charge in [0.2, 0.25) is 0 Å². The van der Waals surface area contributed by atoms with Crippen molar-refractivity contribution in [2.24, 2.45) is 5.92 Å². The molecular formula is C47H85O12P. The van der Waals surface area contributed by atoms with Crippen LogP contribution in [0.15, 0.2) is 48.6 Å². The van der Waals surface area contributed by atoms with E-state index >= 15 is 0 Å². The van der Waals surface area contributed by atoms with Gasteiger partial charge in [-0.1, -0.05) is 185 Å². The number of carbonyl (C=O) groups is 2. The first-order chi connectivity index (χ1) is 28.9. The number of allylic oxidation sites excluding steroid dienone is 6. The van der Waals surface area contributed by atoms with E-state index in [4.69, 9.17) is 19.1 Å². The van der Waals surface area contributed by atoms with Gasteiger partial charge in [0.1, 0.15) is 12.7 Å². The van der Waals surface area contributed by atoms with Gasteiger partial charge in [0.05, 0.1) is 32.0 Å². The molecule has 0 bridgehead atoms. The van der Waals surface area contributed by atoms with Crippen molar-refractivity contribution in [1.82, 2.24) is 0 Å². The number of phosphoric acid groups is 1. The average Bonchev–Trinajstić information content (AvgIpc) is 3.22. The van der Waals surface area contributed by atoms with Gasteiger partial charge >= 0.3 is 19.8 Å². The van der Waals surface area contributed by atoms with E-state index in [-0.39, 0.29) is 19.3 Å². The van der Waals surface area contributed by atoms with Crippen molar-refractivity contribution in [1.29, 1.82) is 0 Å². The number of unbranched alkanes of at least 4 members (excludes halogenated alkanes) is 15. The predicted molar refractivity (Wildman–Crippen MR) is 240 cm³/mol. The number of hydrogen-bond donors (Lipinski definition) is 5. The van der Waals surface area contributed by atoms with E-state index in [1.807, 2.05) is 30.4 Å². The average molecular weight is 873 g/mol. The molecule has 0 amide bonds. The van der Waals surface area contributed by atoms with E-state index in [0.717, 1.165) is 50.9 Å². The zero-order valence-electron chi connectivity index (χ0n) is 37.6. The highest BCUT2D eigenvalue weighted by Crippen LogP contribution is 2.43. The Kier molecular flexibility index (Phi) is 39.4. The fourth-order valence-corrected chi connectivity index (χ4v) is 6.97. The Labute approximate surface area is 363 Å². The number of rotatable bonds is 42. The standard InChI is InChI=1S/C47H85O12P/c1-4-6-24-31-42(49)32-26-21-17-15-18-22-27-33-43(50)34-29-36-47(53)59-45(40-58-60(54,55)57-38-44(51)37-48)39-56-46(52)35-28-23-19-14-12-10-8-7-9-11-13-16-20-25-30-41(3)5-2/h17-18,21-22,26-27,32-33,41-45,48-51H,4-16,19-20,23-25,28-31,34-40H2,1-3H3,(H,54,55)/b21-17-,22-18-,32-26+,33-27+/t41?,42-,43-,44+,45-/m1/s1. The van der Waals surface area contributed by atoms with Gasteiger partial charge in [-0.3, -0.25) is 18.6 Å². The lowest BCUT2D eigenvalue weighted by atomic mass is 9.99. The molecule has 60 heavy (non-hydrogen) atoms. The fourth-order valence-electron chi connectivity index (χ4n) is 6.18. The Morgan fingerprint density at radius 2 is 1.08 bits per heavy atom. The van der Waals surface area contributed by atoms with Crippen LogP contribution >= 0.6 is 7.82 Å². The van der Waals surface area contributed by atoms with Gasteiger partial charge in [0, 0.05) is 12.8 Å². The second-order valence-electron chi connectivity index (χ2n) is 16.1. The van der Waals surface area contributed by atoms with E-state index in [2.05, 4.69) is 25.3 Å². The monoisotopic (exact) mass is 873 g/mol. The molecule has 0 aliphatic rings. The molecule has 0 aromatic heterocycles.